The van der Waals surface area contributed by atoms with E-state index < -0.39 is 0 Å². The van der Waals surface area contributed by atoms with Gasteiger partial charge in [0, 0.05) is 6.42 Å². The number of rotatable bonds is 2. The average Bonchev–Trinajstić information content (AvgIpc) is 1.91. The summed E-state index contributed by atoms with van der Waals surface area (Å²) < 4.78 is 0. The van der Waals surface area contributed by atoms with Crippen molar-refractivity contribution in [3.05, 3.63) is 35.9 Å². The second-order valence-corrected chi connectivity index (χ2v) is 1.86. The molecule has 0 aliphatic heterocycles. The van der Waals surface area contributed by atoms with Crippen molar-refractivity contribution in [3.63, 3.8) is 0 Å². The molecule has 0 heterocycles. The van der Waals surface area contributed by atoms with Crippen LogP contribution in [0.1, 0.15) is 13.0 Å². The minimum absolute atomic E-state index is 0. The normalized spacial score (nSPS) is 8.00. The highest BCUT2D eigenvalue weighted by atomic mass is 16.1. The van der Waals surface area contributed by atoms with Gasteiger partial charge in [-0.3, -0.25) is 0 Å². The second-order valence-electron chi connectivity index (χ2n) is 1.86. The van der Waals surface area contributed by atoms with Gasteiger partial charge in [0.25, 0.3) is 0 Å². The SMILES string of the molecule is C.O=CCc1ccccc1. The van der Waals surface area contributed by atoms with Crippen LogP contribution in [0, 0.1) is 0 Å². The molecule has 1 heteroatoms. The summed E-state index contributed by atoms with van der Waals surface area (Å²) in [5, 5.41) is 0. The van der Waals surface area contributed by atoms with Crippen LogP contribution >= 0.6 is 0 Å². The molecular formula is C9H12O. The number of carbonyl (C=O) groups is 1. The van der Waals surface area contributed by atoms with E-state index in [1.165, 1.54) is 0 Å². The Bertz CT molecular complexity index is 179. The lowest BCUT2D eigenvalue weighted by atomic mass is 10.2. The van der Waals surface area contributed by atoms with Crippen molar-refractivity contribution < 1.29 is 4.79 Å². The van der Waals surface area contributed by atoms with Crippen LogP contribution in [0.5, 0.6) is 0 Å². The van der Waals surface area contributed by atoms with Gasteiger partial charge < -0.3 is 4.79 Å². The summed E-state index contributed by atoms with van der Waals surface area (Å²) in [5.41, 5.74) is 1.08. The van der Waals surface area contributed by atoms with Crippen molar-refractivity contribution in [1.82, 2.24) is 0 Å². The maximum Gasteiger partial charge on any atom is 0.124 e. The van der Waals surface area contributed by atoms with Gasteiger partial charge in [-0.1, -0.05) is 37.8 Å². The van der Waals surface area contributed by atoms with Gasteiger partial charge in [-0.25, -0.2) is 0 Å². The minimum atomic E-state index is 0. The van der Waals surface area contributed by atoms with E-state index in [2.05, 4.69) is 0 Å². The Hall–Kier alpha value is -1.11. The Labute approximate surface area is 61.7 Å². The smallest absolute Gasteiger partial charge is 0.124 e. The number of hydrogen-bond donors (Lipinski definition) is 0. The van der Waals surface area contributed by atoms with Crippen LogP contribution < -0.4 is 0 Å². The zero-order chi connectivity index (χ0) is 6.53. The molecule has 0 aliphatic rings. The first kappa shape index (κ1) is 8.89. The number of carbonyl (C=O) groups excluding carboxylic acids is 1. The fourth-order valence-corrected chi connectivity index (χ4v) is 0.710. The highest BCUT2D eigenvalue weighted by molar-refractivity contribution is 5.54. The van der Waals surface area contributed by atoms with Crippen molar-refractivity contribution in [2.75, 3.05) is 0 Å². The van der Waals surface area contributed by atoms with Crippen LogP contribution in [0.4, 0.5) is 0 Å². The van der Waals surface area contributed by atoms with Crippen molar-refractivity contribution >= 4 is 6.29 Å². The van der Waals surface area contributed by atoms with Crippen LogP contribution in [-0.4, -0.2) is 6.29 Å². The molecule has 0 amide bonds. The molecule has 0 N–H and O–H groups in total. The molecule has 0 saturated heterocycles. The average molecular weight is 136 g/mol. The molecule has 0 saturated carbocycles. The van der Waals surface area contributed by atoms with Gasteiger partial charge in [-0.05, 0) is 5.56 Å². The Balaban J connectivity index is 0.000000810. The molecule has 1 nitrogen and oxygen atoms in total. The Morgan fingerprint density at radius 1 is 1.20 bits per heavy atom. The fourth-order valence-electron chi connectivity index (χ4n) is 0.710. The molecule has 10 heavy (non-hydrogen) atoms. The van der Waals surface area contributed by atoms with E-state index in [1.807, 2.05) is 30.3 Å². The summed E-state index contributed by atoms with van der Waals surface area (Å²) >= 11 is 0. The molecular weight excluding hydrogens is 124 g/mol. The van der Waals surface area contributed by atoms with Crippen LogP contribution in [0.3, 0.4) is 0 Å². The third-order valence-electron chi connectivity index (χ3n) is 1.16. The number of benzene rings is 1. The lowest BCUT2D eigenvalue weighted by Crippen LogP contribution is -1.82. The van der Waals surface area contributed by atoms with Gasteiger partial charge in [0.1, 0.15) is 6.29 Å². The van der Waals surface area contributed by atoms with Crippen molar-refractivity contribution in [2.45, 2.75) is 13.8 Å². The number of hydrogen-bond acceptors (Lipinski definition) is 1. The highest BCUT2D eigenvalue weighted by Crippen LogP contribution is 1.96. The molecule has 54 valence electrons. The summed E-state index contributed by atoms with van der Waals surface area (Å²) in [5.74, 6) is 0. The van der Waals surface area contributed by atoms with Crippen molar-refractivity contribution in [1.29, 1.82) is 0 Å². The predicted molar refractivity (Wildman–Crippen MR) is 42.9 cm³/mol. The summed E-state index contributed by atoms with van der Waals surface area (Å²) in [4.78, 5) is 9.97. The topological polar surface area (TPSA) is 17.1 Å². The first-order valence-corrected chi connectivity index (χ1v) is 2.91. The minimum Gasteiger partial charge on any atom is -0.303 e. The van der Waals surface area contributed by atoms with E-state index in [0.29, 0.717) is 6.42 Å². The van der Waals surface area contributed by atoms with Crippen LogP contribution in [0.25, 0.3) is 0 Å². The van der Waals surface area contributed by atoms with E-state index in [9.17, 15) is 4.79 Å². The Kier molecular flexibility index (Phi) is 4.21. The van der Waals surface area contributed by atoms with Gasteiger partial charge >= 0.3 is 0 Å². The van der Waals surface area contributed by atoms with E-state index in [1.54, 1.807) is 0 Å². The second kappa shape index (κ2) is 4.74. The van der Waals surface area contributed by atoms with E-state index in [0.717, 1.165) is 11.8 Å². The maximum absolute atomic E-state index is 9.97. The summed E-state index contributed by atoms with van der Waals surface area (Å²) in [6, 6.07) is 9.68. The third-order valence-corrected chi connectivity index (χ3v) is 1.16. The molecule has 0 spiro atoms. The van der Waals surface area contributed by atoms with Gasteiger partial charge in [0.15, 0.2) is 0 Å². The fraction of sp³-hybridized carbons (Fsp3) is 0.222. The first-order chi connectivity index (χ1) is 4.43. The van der Waals surface area contributed by atoms with Crippen LogP contribution in [0.2, 0.25) is 0 Å². The number of aldehydes is 1. The molecule has 0 bridgehead atoms. The zero-order valence-electron chi connectivity index (χ0n) is 5.08. The van der Waals surface area contributed by atoms with Gasteiger partial charge in [-0.15, -0.1) is 0 Å². The summed E-state index contributed by atoms with van der Waals surface area (Å²) in [7, 11) is 0. The van der Waals surface area contributed by atoms with Gasteiger partial charge in [-0.2, -0.15) is 0 Å². The molecule has 1 rings (SSSR count). The third kappa shape index (κ3) is 2.44. The highest BCUT2D eigenvalue weighted by Gasteiger charge is 1.84. The predicted octanol–water partition coefficient (Wildman–Crippen LogP) is 2.06. The maximum atomic E-state index is 9.97. The quantitative estimate of drug-likeness (QED) is 0.569. The van der Waals surface area contributed by atoms with E-state index in [-0.39, 0.29) is 7.43 Å². The lowest BCUT2D eigenvalue weighted by Gasteiger charge is -1.89. The molecule has 0 fully saturated rings. The van der Waals surface area contributed by atoms with Crippen molar-refractivity contribution in [2.24, 2.45) is 0 Å². The van der Waals surface area contributed by atoms with Crippen LogP contribution in [0.15, 0.2) is 30.3 Å². The molecule has 1 aromatic rings. The Morgan fingerprint density at radius 2 is 1.80 bits per heavy atom. The van der Waals surface area contributed by atoms with Gasteiger partial charge in [0.05, 0.1) is 0 Å². The summed E-state index contributed by atoms with van der Waals surface area (Å²) in [6.07, 6.45) is 1.44. The zero-order valence-corrected chi connectivity index (χ0v) is 5.08. The molecule has 0 atom stereocenters. The van der Waals surface area contributed by atoms with Gasteiger partial charge in [0.2, 0.25) is 0 Å². The molecule has 0 aromatic heterocycles. The molecule has 1 aromatic carbocycles. The summed E-state index contributed by atoms with van der Waals surface area (Å²) in [6.45, 7) is 0. The van der Waals surface area contributed by atoms with Crippen LogP contribution in [-0.2, 0) is 11.2 Å². The standard InChI is InChI=1S/C8H8O.CH4/c9-7-6-8-4-2-1-3-5-8;/h1-5,7H,6H2;1H4. The lowest BCUT2D eigenvalue weighted by molar-refractivity contribution is -0.107. The monoisotopic (exact) mass is 136 g/mol. The van der Waals surface area contributed by atoms with Crippen molar-refractivity contribution in [3.8, 4) is 0 Å². The molecule has 0 radical (unpaired) electrons. The first-order valence-electron chi connectivity index (χ1n) is 2.91. The largest absolute Gasteiger partial charge is 0.303 e. The Morgan fingerprint density at radius 3 is 2.30 bits per heavy atom. The van der Waals surface area contributed by atoms with E-state index >= 15 is 0 Å². The molecule has 0 aliphatic carbocycles. The van der Waals surface area contributed by atoms with E-state index in [4.69, 9.17) is 0 Å². The molecule has 0 unspecified atom stereocenters.